The molecule has 0 radical (unpaired) electrons. The topological polar surface area (TPSA) is 86.9 Å². The van der Waals surface area contributed by atoms with Crippen LogP contribution in [0.2, 0.25) is 0 Å². The van der Waals surface area contributed by atoms with Gasteiger partial charge in [0.15, 0.2) is 0 Å². The number of aromatic nitrogens is 2. The second-order valence-electron chi connectivity index (χ2n) is 6.43. The molecule has 0 atom stereocenters. The summed E-state index contributed by atoms with van der Waals surface area (Å²) in [6, 6.07) is 11.7. The van der Waals surface area contributed by atoms with Crippen molar-refractivity contribution in [3.05, 3.63) is 59.3 Å². The third-order valence-electron chi connectivity index (χ3n) is 4.29. The lowest BCUT2D eigenvalue weighted by atomic mass is 10.0. The standard InChI is InChI=1S/C20H22N4O2/c1-13-3-4-15(14(2)9-13)6-8-19(25)21-12-20(26)23-17-7-5-16-11-22-24-18(16)10-17/h3-5,7,9-11H,6,8,12H2,1-2H3,(H,21,25)(H,22,24)(H,23,26). The number of nitrogens with zero attached hydrogens (tertiary/aromatic N) is 1. The van der Waals surface area contributed by atoms with Crippen molar-refractivity contribution in [3.63, 3.8) is 0 Å². The van der Waals surface area contributed by atoms with Gasteiger partial charge in [0.05, 0.1) is 18.3 Å². The van der Waals surface area contributed by atoms with E-state index in [4.69, 9.17) is 0 Å². The summed E-state index contributed by atoms with van der Waals surface area (Å²) in [4.78, 5) is 24.0. The van der Waals surface area contributed by atoms with Gasteiger partial charge in [0, 0.05) is 17.5 Å². The van der Waals surface area contributed by atoms with E-state index in [9.17, 15) is 9.59 Å². The van der Waals surface area contributed by atoms with Crippen LogP contribution in [0.4, 0.5) is 5.69 Å². The molecule has 0 saturated heterocycles. The van der Waals surface area contributed by atoms with Gasteiger partial charge in [-0.1, -0.05) is 23.8 Å². The minimum Gasteiger partial charge on any atom is -0.347 e. The first-order valence-electron chi connectivity index (χ1n) is 8.57. The van der Waals surface area contributed by atoms with Gasteiger partial charge in [-0.25, -0.2) is 0 Å². The third-order valence-corrected chi connectivity index (χ3v) is 4.29. The van der Waals surface area contributed by atoms with Crippen LogP contribution >= 0.6 is 0 Å². The molecule has 6 nitrogen and oxygen atoms in total. The van der Waals surface area contributed by atoms with Crippen molar-refractivity contribution in [1.29, 1.82) is 0 Å². The van der Waals surface area contributed by atoms with E-state index in [0.29, 0.717) is 18.5 Å². The average Bonchev–Trinajstić information content (AvgIpc) is 3.07. The first-order valence-corrected chi connectivity index (χ1v) is 8.57. The summed E-state index contributed by atoms with van der Waals surface area (Å²) in [6.45, 7) is 4.04. The number of hydrogen-bond acceptors (Lipinski definition) is 3. The lowest BCUT2D eigenvalue weighted by molar-refractivity contribution is -0.124. The van der Waals surface area contributed by atoms with Gasteiger partial charge >= 0.3 is 0 Å². The second kappa shape index (κ2) is 7.82. The van der Waals surface area contributed by atoms with Crippen molar-refractivity contribution in [3.8, 4) is 0 Å². The Morgan fingerprint density at radius 1 is 1.08 bits per heavy atom. The third kappa shape index (κ3) is 4.47. The summed E-state index contributed by atoms with van der Waals surface area (Å²) in [5.74, 6) is -0.395. The van der Waals surface area contributed by atoms with Gasteiger partial charge in [-0.05, 0) is 49.6 Å². The summed E-state index contributed by atoms with van der Waals surface area (Å²) >= 11 is 0. The van der Waals surface area contributed by atoms with Crippen LogP contribution in [0.15, 0.2) is 42.6 Å². The van der Waals surface area contributed by atoms with Crippen LogP contribution in [0, 0.1) is 13.8 Å². The van der Waals surface area contributed by atoms with E-state index in [0.717, 1.165) is 16.5 Å². The molecule has 0 fully saturated rings. The van der Waals surface area contributed by atoms with Crippen molar-refractivity contribution in [2.24, 2.45) is 0 Å². The highest BCUT2D eigenvalue weighted by Crippen LogP contribution is 2.16. The van der Waals surface area contributed by atoms with Crippen molar-refractivity contribution in [1.82, 2.24) is 15.5 Å². The molecule has 2 amide bonds. The lowest BCUT2D eigenvalue weighted by Crippen LogP contribution is -2.33. The Bertz CT molecular complexity index is 946. The number of rotatable bonds is 6. The van der Waals surface area contributed by atoms with E-state index in [2.05, 4.69) is 33.0 Å². The van der Waals surface area contributed by atoms with E-state index in [1.807, 2.05) is 32.0 Å². The number of amides is 2. The van der Waals surface area contributed by atoms with Gasteiger partial charge < -0.3 is 10.6 Å². The highest BCUT2D eigenvalue weighted by molar-refractivity contribution is 5.96. The molecule has 3 aromatic rings. The Hall–Kier alpha value is -3.15. The number of benzene rings is 2. The zero-order valence-corrected chi connectivity index (χ0v) is 14.9. The van der Waals surface area contributed by atoms with Crippen LogP contribution in [-0.4, -0.2) is 28.6 Å². The number of aromatic amines is 1. The zero-order valence-electron chi connectivity index (χ0n) is 14.9. The monoisotopic (exact) mass is 350 g/mol. The minimum absolute atomic E-state index is 0.0489. The maximum atomic E-state index is 12.0. The number of nitrogens with one attached hydrogen (secondary N) is 3. The molecule has 1 heterocycles. The van der Waals surface area contributed by atoms with Crippen molar-refractivity contribution >= 4 is 28.4 Å². The summed E-state index contributed by atoms with van der Waals surface area (Å²) in [5, 5.41) is 13.2. The Balaban J connectivity index is 1.45. The number of anilines is 1. The van der Waals surface area contributed by atoms with Gasteiger partial charge in [-0.15, -0.1) is 0 Å². The van der Waals surface area contributed by atoms with Crippen LogP contribution in [0.5, 0.6) is 0 Å². The molecule has 0 spiro atoms. The number of fused-ring (bicyclic) bond motifs is 1. The first-order chi connectivity index (χ1) is 12.5. The Morgan fingerprint density at radius 3 is 2.73 bits per heavy atom. The molecule has 0 aliphatic heterocycles. The molecule has 0 unspecified atom stereocenters. The SMILES string of the molecule is Cc1ccc(CCC(=O)NCC(=O)Nc2ccc3cn[nH]c3c2)c(C)c1. The van der Waals surface area contributed by atoms with Crippen molar-refractivity contribution < 1.29 is 9.59 Å². The van der Waals surface area contributed by atoms with E-state index in [1.165, 1.54) is 11.1 Å². The van der Waals surface area contributed by atoms with E-state index in [-0.39, 0.29) is 18.4 Å². The van der Waals surface area contributed by atoms with Gasteiger partial charge in [-0.3, -0.25) is 14.7 Å². The lowest BCUT2D eigenvalue weighted by Gasteiger charge is -2.09. The Kier molecular flexibility index (Phi) is 5.31. The summed E-state index contributed by atoms with van der Waals surface area (Å²) in [5.41, 5.74) is 5.06. The van der Waals surface area contributed by atoms with Crippen LogP contribution in [0.25, 0.3) is 10.9 Å². The van der Waals surface area contributed by atoms with Gasteiger partial charge in [0.2, 0.25) is 11.8 Å². The van der Waals surface area contributed by atoms with Crippen LogP contribution < -0.4 is 10.6 Å². The maximum Gasteiger partial charge on any atom is 0.243 e. The second-order valence-corrected chi connectivity index (χ2v) is 6.43. The molecule has 3 N–H and O–H groups in total. The molecule has 134 valence electrons. The summed E-state index contributed by atoms with van der Waals surface area (Å²) < 4.78 is 0. The van der Waals surface area contributed by atoms with Crippen molar-refractivity contribution in [2.45, 2.75) is 26.7 Å². The molecule has 0 aliphatic rings. The number of carbonyl (C=O) groups is 2. The number of aryl methyl sites for hydroxylation is 3. The predicted molar refractivity (Wildman–Crippen MR) is 102 cm³/mol. The van der Waals surface area contributed by atoms with Gasteiger partial charge in [0.25, 0.3) is 0 Å². The van der Waals surface area contributed by atoms with Gasteiger partial charge in [-0.2, -0.15) is 5.10 Å². The molecule has 2 aromatic carbocycles. The van der Waals surface area contributed by atoms with E-state index >= 15 is 0 Å². The summed E-state index contributed by atoms with van der Waals surface area (Å²) in [7, 11) is 0. The fraction of sp³-hybridized carbons (Fsp3) is 0.250. The average molecular weight is 350 g/mol. The van der Waals surface area contributed by atoms with Gasteiger partial charge in [0.1, 0.15) is 0 Å². The molecular weight excluding hydrogens is 328 g/mol. The number of hydrogen-bond donors (Lipinski definition) is 3. The smallest absolute Gasteiger partial charge is 0.243 e. The number of carbonyl (C=O) groups excluding carboxylic acids is 2. The summed E-state index contributed by atoms with van der Waals surface area (Å²) in [6.07, 6.45) is 2.74. The molecule has 26 heavy (non-hydrogen) atoms. The zero-order chi connectivity index (χ0) is 18.5. The highest BCUT2D eigenvalue weighted by Gasteiger charge is 2.08. The predicted octanol–water partition coefficient (Wildman–Crippen LogP) is 2.87. The molecule has 1 aromatic heterocycles. The number of H-pyrrole nitrogens is 1. The Morgan fingerprint density at radius 2 is 1.92 bits per heavy atom. The molecule has 6 heteroatoms. The van der Waals surface area contributed by atoms with Crippen LogP contribution in [-0.2, 0) is 16.0 Å². The molecular formula is C20H22N4O2. The fourth-order valence-electron chi connectivity index (χ4n) is 2.86. The maximum absolute atomic E-state index is 12.0. The fourth-order valence-corrected chi connectivity index (χ4v) is 2.86. The molecule has 0 saturated carbocycles. The van der Waals surface area contributed by atoms with E-state index in [1.54, 1.807) is 12.3 Å². The molecule has 0 aliphatic carbocycles. The Labute approximate surface area is 152 Å². The van der Waals surface area contributed by atoms with Crippen molar-refractivity contribution in [2.75, 3.05) is 11.9 Å². The van der Waals surface area contributed by atoms with E-state index < -0.39 is 0 Å². The van der Waals surface area contributed by atoms with Crippen LogP contribution in [0.1, 0.15) is 23.1 Å². The molecule has 0 bridgehead atoms. The largest absolute Gasteiger partial charge is 0.347 e. The molecule has 3 rings (SSSR count). The van der Waals surface area contributed by atoms with Crippen LogP contribution in [0.3, 0.4) is 0 Å². The quantitative estimate of drug-likeness (QED) is 0.639. The first kappa shape index (κ1) is 17.7. The highest BCUT2D eigenvalue weighted by atomic mass is 16.2. The normalized spacial score (nSPS) is 10.7. The minimum atomic E-state index is -0.260.